The lowest BCUT2D eigenvalue weighted by Crippen LogP contribution is -2.10. The standard InChI is InChI=1S/C15H21ClO/c1-9(2)11(4)15(16)12-5-6-14-13(8-12)7-10(3)17-14/h5-6,8-11,15H,7H2,1-4H3. The van der Waals surface area contributed by atoms with Gasteiger partial charge < -0.3 is 4.74 Å². The number of hydrogen-bond donors (Lipinski definition) is 0. The second kappa shape index (κ2) is 4.89. The zero-order valence-electron chi connectivity index (χ0n) is 11.0. The number of alkyl halides is 1. The molecule has 0 aliphatic carbocycles. The van der Waals surface area contributed by atoms with Gasteiger partial charge in [0.1, 0.15) is 11.9 Å². The molecule has 1 aromatic carbocycles. The maximum absolute atomic E-state index is 6.55. The smallest absolute Gasteiger partial charge is 0.123 e. The normalized spacial score (nSPS) is 22.1. The Balaban J connectivity index is 2.21. The summed E-state index contributed by atoms with van der Waals surface area (Å²) in [5.74, 6) is 2.11. The van der Waals surface area contributed by atoms with Crippen molar-refractivity contribution in [2.24, 2.45) is 11.8 Å². The molecule has 0 saturated carbocycles. The predicted octanol–water partition coefficient (Wildman–Crippen LogP) is 4.58. The minimum Gasteiger partial charge on any atom is -0.490 e. The van der Waals surface area contributed by atoms with Gasteiger partial charge in [-0.25, -0.2) is 0 Å². The average molecular weight is 253 g/mol. The van der Waals surface area contributed by atoms with Gasteiger partial charge in [-0.2, -0.15) is 0 Å². The molecule has 0 radical (unpaired) electrons. The van der Waals surface area contributed by atoms with Crippen molar-refractivity contribution in [3.8, 4) is 5.75 Å². The largest absolute Gasteiger partial charge is 0.490 e. The van der Waals surface area contributed by atoms with Crippen LogP contribution < -0.4 is 4.74 Å². The number of benzene rings is 1. The van der Waals surface area contributed by atoms with E-state index in [0.717, 1.165) is 12.2 Å². The molecule has 0 N–H and O–H groups in total. The number of rotatable bonds is 3. The van der Waals surface area contributed by atoms with E-state index in [1.165, 1.54) is 11.1 Å². The average Bonchev–Trinajstić information content (AvgIpc) is 2.65. The maximum atomic E-state index is 6.55. The van der Waals surface area contributed by atoms with Crippen LogP contribution in [-0.2, 0) is 6.42 Å². The van der Waals surface area contributed by atoms with Gasteiger partial charge in [0.25, 0.3) is 0 Å². The fraction of sp³-hybridized carbons (Fsp3) is 0.600. The Morgan fingerprint density at radius 1 is 1.29 bits per heavy atom. The van der Waals surface area contributed by atoms with E-state index in [-0.39, 0.29) is 5.38 Å². The van der Waals surface area contributed by atoms with Gasteiger partial charge in [0.2, 0.25) is 0 Å². The summed E-state index contributed by atoms with van der Waals surface area (Å²) in [7, 11) is 0. The summed E-state index contributed by atoms with van der Waals surface area (Å²) in [6.45, 7) is 8.76. The molecule has 94 valence electrons. The van der Waals surface area contributed by atoms with Crippen molar-refractivity contribution in [2.75, 3.05) is 0 Å². The van der Waals surface area contributed by atoms with Crippen LogP contribution in [0.15, 0.2) is 18.2 Å². The van der Waals surface area contributed by atoms with Crippen LogP contribution in [0.4, 0.5) is 0 Å². The third-order valence-electron chi connectivity index (χ3n) is 3.75. The zero-order chi connectivity index (χ0) is 12.6. The summed E-state index contributed by atoms with van der Waals surface area (Å²) in [6.07, 6.45) is 1.31. The third-order valence-corrected chi connectivity index (χ3v) is 4.40. The highest BCUT2D eigenvalue weighted by atomic mass is 35.5. The fourth-order valence-corrected chi connectivity index (χ4v) is 2.68. The van der Waals surface area contributed by atoms with Crippen molar-refractivity contribution >= 4 is 11.6 Å². The van der Waals surface area contributed by atoms with Crippen LogP contribution >= 0.6 is 11.6 Å². The molecule has 0 fully saturated rings. The summed E-state index contributed by atoms with van der Waals surface area (Å²) in [5.41, 5.74) is 2.53. The van der Waals surface area contributed by atoms with Crippen molar-refractivity contribution < 1.29 is 4.74 Å². The molecule has 0 aromatic heterocycles. The number of ether oxygens (including phenoxy) is 1. The van der Waals surface area contributed by atoms with Crippen LogP contribution in [0.5, 0.6) is 5.75 Å². The molecule has 0 saturated heterocycles. The zero-order valence-corrected chi connectivity index (χ0v) is 11.8. The molecular weight excluding hydrogens is 232 g/mol. The molecule has 17 heavy (non-hydrogen) atoms. The first-order chi connectivity index (χ1) is 7.99. The van der Waals surface area contributed by atoms with Crippen LogP contribution in [0.1, 0.15) is 44.2 Å². The quantitative estimate of drug-likeness (QED) is 0.716. The van der Waals surface area contributed by atoms with Crippen molar-refractivity contribution in [1.82, 2.24) is 0 Å². The molecule has 0 amide bonds. The summed E-state index contributed by atoms with van der Waals surface area (Å²) in [5, 5.41) is 0.0937. The van der Waals surface area contributed by atoms with Gasteiger partial charge in [-0.1, -0.05) is 32.9 Å². The number of fused-ring (bicyclic) bond motifs is 1. The SMILES string of the molecule is CC1Cc2cc(C(Cl)C(C)C(C)C)ccc2O1. The predicted molar refractivity (Wildman–Crippen MR) is 72.8 cm³/mol. The lowest BCUT2D eigenvalue weighted by Gasteiger charge is -2.22. The Kier molecular flexibility index (Phi) is 3.67. The minimum absolute atomic E-state index is 0.0937. The van der Waals surface area contributed by atoms with E-state index in [9.17, 15) is 0 Å². The van der Waals surface area contributed by atoms with E-state index < -0.39 is 0 Å². The summed E-state index contributed by atoms with van der Waals surface area (Å²) >= 11 is 6.55. The molecule has 2 heteroatoms. The van der Waals surface area contributed by atoms with Gasteiger partial charge in [-0.15, -0.1) is 11.6 Å². The molecule has 1 heterocycles. The molecular formula is C15H21ClO. The second-order valence-corrected chi connectivity index (χ2v) is 5.97. The molecule has 0 bridgehead atoms. The van der Waals surface area contributed by atoms with Crippen molar-refractivity contribution in [3.05, 3.63) is 29.3 Å². The molecule has 3 atom stereocenters. The van der Waals surface area contributed by atoms with Gasteiger partial charge in [0.15, 0.2) is 0 Å². The van der Waals surface area contributed by atoms with Crippen LogP contribution in [0.25, 0.3) is 0 Å². The highest BCUT2D eigenvalue weighted by Crippen LogP contribution is 2.37. The van der Waals surface area contributed by atoms with Gasteiger partial charge >= 0.3 is 0 Å². The van der Waals surface area contributed by atoms with Crippen LogP contribution in [0.2, 0.25) is 0 Å². The number of halogens is 1. The number of hydrogen-bond acceptors (Lipinski definition) is 1. The highest BCUT2D eigenvalue weighted by Gasteiger charge is 2.23. The molecule has 1 nitrogen and oxygen atoms in total. The van der Waals surface area contributed by atoms with E-state index in [0.29, 0.717) is 17.9 Å². The van der Waals surface area contributed by atoms with Crippen LogP contribution in [-0.4, -0.2) is 6.10 Å². The van der Waals surface area contributed by atoms with E-state index in [4.69, 9.17) is 16.3 Å². The Hall–Kier alpha value is -0.690. The van der Waals surface area contributed by atoms with E-state index in [1.54, 1.807) is 0 Å². The molecule has 2 rings (SSSR count). The van der Waals surface area contributed by atoms with Crippen molar-refractivity contribution in [2.45, 2.75) is 45.6 Å². The van der Waals surface area contributed by atoms with Crippen LogP contribution in [0.3, 0.4) is 0 Å². The first-order valence-electron chi connectivity index (χ1n) is 6.42. The monoisotopic (exact) mass is 252 g/mol. The van der Waals surface area contributed by atoms with Crippen molar-refractivity contribution in [3.63, 3.8) is 0 Å². The first-order valence-corrected chi connectivity index (χ1v) is 6.86. The Labute approximate surface area is 109 Å². The second-order valence-electron chi connectivity index (χ2n) is 5.50. The van der Waals surface area contributed by atoms with Gasteiger partial charge in [-0.05, 0) is 36.0 Å². The van der Waals surface area contributed by atoms with Crippen molar-refractivity contribution in [1.29, 1.82) is 0 Å². The van der Waals surface area contributed by atoms with Gasteiger partial charge in [-0.3, -0.25) is 0 Å². The topological polar surface area (TPSA) is 9.23 Å². The maximum Gasteiger partial charge on any atom is 0.123 e. The van der Waals surface area contributed by atoms with Crippen LogP contribution in [0, 0.1) is 11.8 Å². The Bertz CT molecular complexity index is 400. The van der Waals surface area contributed by atoms with E-state index >= 15 is 0 Å². The third kappa shape index (κ3) is 2.60. The van der Waals surface area contributed by atoms with Gasteiger partial charge in [0, 0.05) is 6.42 Å². The Morgan fingerprint density at radius 2 is 2.00 bits per heavy atom. The molecule has 1 aliphatic rings. The summed E-state index contributed by atoms with van der Waals surface area (Å²) in [6, 6.07) is 6.39. The Morgan fingerprint density at radius 3 is 2.65 bits per heavy atom. The fourth-order valence-electron chi connectivity index (χ4n) is 2.25. The molecule has 3 unspecified atom stereocenters. The van der Waals surface area contributed by atoms with Gasteiger partial charge in [0.05, 0.1) is 5.38 Å². The first kappa shape index (κ1) is 12.8. The lowest BCUT2D eigenvalue weighted by molar-refractivity contribution is 0.254. The highest BCUT2D eigenvalue weighted by molar-refractivity contribution is 6.21. The summed E-state index contributed by atoms with van der Waals surface area (Å²) < 4.78 is 5.71. The lowest BCUT2D eigenvalue weighted by atomic mass is 9.89. The molecule has 0 spiro atoms. The minimum atomic E-state index is 0.0937. The van der Waals surface area contributed by atoms with E-state index in [1.807, 2.05) is 0 Å². The molecule has 1 aromatic rings. The van der Waals surface area contributed by atoms with E-state index in [2.05, 4.69) is 45.9 Å². The molecule has 1 aliphatic heterocycles. The summed E-state index contributed by atoms with van der Waals surface area (Å²) in [4.78, 5) is 0.